The lowest BCUT2D eigenvalue weighted by Crippen LogP contribution is -2.65. The fourth-order valence-corrected chi connectivity index (χ4v) is 2.81. The number of nitrogens with zero attached hydrogens (tertiary/aromatic N) is 1. The lowest BCUT2D eigenvalue weighted by molar-refractivity contribution is -0.153. The van der Waals surface area contributed by atoms with E-state index in [9.17, 15) is 9.59 Å². The summed E-state index contributed by atoms with van der Waals surface area (Å²) < 4.78 is 10.8. The Morgan fingerprint density at radius 1 is 1.30 bits per heavy atom. The molecular formula is C14H23NO5. The molecule has 1 aliphatic heterocycles. The molecule has 1 saturated carbocycles. The quantitative estimate of drug-likeness (QED) is 0.853. The van der Waals surface area contributed by atoms with Crippen molar-refractivity contribution in [2.24, 2.45) is 5.41 Å². The van der Waals surface area contributed by atoms with E-state index in [0.29, 0.717) is 0 Å². The van der Waals surface area contributed by atoms with E-state index in [1.54, 1.807) is 4.90 Å². The van der Waals surface area contributed by atoms with E-state index in [1.165, 1.54) is 0 Å². The molecule has 6 nitrogen and oxygen atoms in total. The lowest BCUT2D eigenvalue weighted by Gasteiger charge is -2.58. The van der Waals surface area contributed by atoms with Crippen LogP contribution in [0, 0.1) is 5.41 Å². The molecule has 114 valence electrons. The van der Waals surface area contributed by atoms with Gasteiger partial charge in [0.25, 0.3) is 0 Å². The summed E-state index contributed by atoms with van der Waals surface area (Å²) in [5.41, 5.74) is -0.271. The van der Waals surface area contributed by atoms with Crippen LogP contribution in [0.15, 0.2) is 0 Å². The van der Waals surface area contributed by atoms with E-state index in [2.05, 4.69) is 0 Å². The first kappa shape index (κ1) is 15.1. The second-order valence-corrected chi connectivity index (χ2v) is 6.88. The smallest absolute Gasteiger partial charge is 0.410 e. The van der Waals surface area contributed by atoms with Gasteiger partial charge in [0, 0.05) is 18.5 Å². The Balaban J connectivity index is 1.63. The molecule has 0 unspecified atom stereocenters. The molecule has 1 saturated heterocycles. The van der Waals surface area contributed by atoms with Crippen molar-refractivity contribution in [2.45, 2.75) is 51.7 Å². The predicted molar refractivity (Wildman–Crippen MR) is 71.5 cm³/mol. The highest BCUT2D eigenvalue weighted by atomic mass is 16.6. The van der Waals surface area contributed by atoms with Gasteiger partial charge in [-0.1, -0.05) is 0 Å². The summed E-state index contributed by atoms with van der Waals surface area (Å²) in [6.45, 7) is 7.29. The average molecular weight is 285 g/mol. The first-order valence-electron chi connectivity index (χ1n) is 7.00. The van der Waals surface area contributed by atoms with Crippen molar-refractivity contribution in [1.29, 1.82) is 0 Å². The molecular weight excluding hydrogens is 262 g/mol. The molecule has 0 aromatic rings. The van der Waals surface area contributed by atoms with E-state index in [0.717, 1.165) is 25.9 Å². The molecule has 1 heterocycles. The van der Waals surface area contributed by atoms with Gasteiger partial charge >= 0.3 is 12.1 Å². The number of hydrogen-bond acceptors (Lipinski definition) is 4. The van der Waals surface area contributed by atoms with Crippen molar-refractivity contribution in [3.8, 4) is 0 Å². The standard InChI is InChI=1S/C14H23NO5/c1-13(2,3)20-12(18)15-8-14(9-15)6-10(7-14)19-5-4-11(16)17/h10H,4-9H2,1-3H3,(H,16,17). The molecule has 0 bridgehead atoms. The number of carboxylic acid groups (broad SMARTS) is 1. The van der Waals surface area contributed by atoms with Crippen molar-refractivity contribution >= 4 is 12.1 Å². The van der Waals surface area contributed by atoms with Gasteiger partial charge in [-0.3, -0.25) is 4.79 Å². The normalized spacial score (nSPS) is 21.2. The highest BCUT2D eigenvalue weighted by Crippen LogP contribution is 2.49. The molecule has 6 heteroatoms. The molecule has 0 radical (unpaired) electrons. The SMILES string of the molecule is CC(C)(C)OC(=O)N1CC2(CC(OCCC(=O)O)C2)C1. The molecule has 2 fully saturated rings. The van der Waals surface area contributed by atoms with Crippen LogP contribution in [0.2, 0.25) is 0 Å². The van der Waals surface area contributed by atoms with Gasteiger partial charge < -0.3 is 19.5 Å². The summed E-state index contributed by atoms with van der Waals surface area (Å²) in [6.07, 6.45) is 1.76. The number of carbonyl (C=O) groups is 2. The second kappa shape index (κ2) is 5.24. The van der Waals surface area contributed by atoms with Crippen molar-refractivity contribution < 1.29 is 24.2 Å². The molecule has 1 amide bonds. The minimum absolute atomic E-state index is 0.0491. The van der Waals surface area contributed by atoms with Gasteiger partial charge in [-0.25, -0.2) is 4.79 Å². The van der Waals surface area contributed by atoms with E-state index < -0.39 is 11.6 Å². The Morgan fingerprint density at radius 3 is 2.40 bits per heavy atom. The molecule has 1 aliphatic carbocycles. The van der Waals surface area contributed by atoms with Crippen LogP contribution in [0.25, 0.3) is 0 Å². The number of hydrogen-bond donors (Lipinski definition) is 1. The maximum atomic E-state index is 11.8. The summed E-state index contributed by atoms with van der Waals surface area (Å²) in [4.78, 5) is 23.9. The highest BCUT2D eigenvalue weighted by molar-refractivity contribution is 5.69. The average Bonchev–Trinajstić information content (AvgIpc) is 2.14. The third-order valence-electron chi connectivity index (χ3n) is 3.70. The van der Waals surface area contributed by atoms with Gasteiger partial charge in [-0.05, 0) is 33.6 Å². The summed E-state index contributed by atoms with van der Waals surface area (Å²) >= 11 is 0. The Labute approximate surface area is 119 Å². The maximum Gasteiger partial charge on any atom is 0.410 e. The zero-order chi connectivity index (χ0) is 15.0. The van der Waals surface area contributed by atoms with Gasteiger partial charge in [0.05, 0.1) is 19.1 Å². The topological polar surface area (TPSA) is 76.1 Å². The molecule has 1 N–H and O–H groups in total. The molecule has 0 atom stereocenters. The second-order valence-electron chi connectivity index (χ2n) is 6.88. The van der Waals surface area contributed by atoms with Crippen LogP contribution in [0.5, 0.6) is 0 Å². The minimum atomic E-state index is -0.834. The van der Waals surface area contributed by atoms with Crippen LogP contribution < -0.4 is 0 Å². The summed E-state index contributed by atoms with van der Waals surface area (Å²) in [6, 6.07) is 0. The number of carboxylic acids is 1. The fourth-order valence-electron chi connectivity index (χ4n) is 2.81. The van der Waals surface area contributed by atoms with Crippen LogP contribution in [0.4, 0.5) is 4.79 Å². The van der Waals surface area contributed by atoms with Gasteiger partial charge in [0.2, 0.25) is 0 Å². The lowest BCUT2D eigenvalue weighted by atomic mass is 9.62. The number of aliphatic carboxylic acids is 1. The third kappa shape index (κ3) is 3.62. The van der Waals surface area contributed by atoms with Crippen LogP contribution in [0.3, 0.4) is 0 Å². The summed E-state index contributed by atoms with van der Waals surface area (Å²) in [5, 5.41) is 8.53. The minimum Gasteiger partial charge on any atom is -0.481 e. The third-order valence-corrected chi connectivity index (χ3v) is 3.70. The number of likely N-dealkylation sites (tertiary alicyclic amines) is 1. The van der Waals surface area contributed by atoms with Crippen LogP contribution >= 0.6 is 0 Å². The van der Waals surface area contributed by atoms with Gasteiger partial charge in [-0.2, -0.15) is 0 Å². The van der Waals surface area contributed by atoms with E-state index in [-0.39, 0.29) is 30.6 Å². The fraction of sp³-hybridized carbons (Fsp3) is 0.857. The Bertz CT molecular complexity index is 387. The van der Waals surface area contributed by atoms with E-state index in [1.807, 2.05) is 20.8 Å². The molecule has 2 rings (SSSR count). The van der Waals surface area contributed by atoms with Gasteiger partial charge in [-0.15, -0.1) is 0 Å². The zero-order valence-electron chi connectivity index (χ0n) is 12.3. The van der Waals surface area contributed by atoms with Gasteiger partial charge in [0.15, 0.2) is 0 Å². The van der Waals surface area contributed by atoms with Crippen molar-refractivity contribution in [1.82, 2.24) is 4.90 Å². The molecule has 0 aromatic heterocycles. The van der Waals surface area contributed by atoms with Crippen LogP contribution in [-0.2, 0) is 14.3 Å². The highest BCUT2D eigenvalue weighted by Gasteiger charge is 2.54. The monoisotopic (exact) mass is 285 g/mol. The number of rotatable bonds is 4. The Morgan fingerprint density at radius 2 is 1.90 bits per heavy atom. The Hall–Kier alpha value is -1.30. The maximum absolute atomic E-state index is 11.8. The molecule has 20 heavy (non-hydrogen) atoms. The predicted octanol–water partition coefficient (Wildman–Crippen LogP) is 1.88. The molecule has 0 aromatic carbocycles. The van der Waals surface area contributed by atoms with Crippen molar-refractivity contribution in [2.75, 3.05) is 19.7 Å². The van der Waals surface area contributed by atoms with Crippen molar-refractivity contribution in [3.63, 3.8) is 0 Å². The zero-order valence-corrected chi connectivity index (χ0v) is 12.3. The molecule has 1 spiro atoms. The molecule has 2 aliphatic rings. The summed E-state index contributed by atoms with van der Waals surface area (Å²) in [7, 11) is 0. The van der Waals surface area contributed by atoms with E-state index >= 15 is 0 Å². The van der Waals surface area contributed by atoms with Gasteiger partial charge in [0.1, 0.15) is 5.60 Å². The number of carbonyl (C=O) groups excluding carboxylic acids is 1. The largest absolute Gasteiger partial charge is 0.481 e. The van der Waals surface area contributed by atoms with Crippen LogP contribution in [0.1, 0.15) is 40.0 Å². The summed E-state index contributed by atoms with van der Waals surface area (Å²) in [5.74, 6) is -0.834. The Kier molecular flexibility index (Phi) is 3.95. The number of amides is 1. The first-order chi connectivity index (χ1) is 9.19. The van der Waals surface area contributed by atoms with Crippen LogP contribution in [-0.4, -0.2) is 53.5 Å². The first-order valence-corrected chi connectivity index (χ1v) is 7.00. The van der Waals surface area contributed by atoms with Crippen molar-refractivity contribution in [3.05, 3.63) is 0 Å². The number of ether oxygens (including phenoxy) is 2. The van der Waals surface area contributed by atoms with E-state index in [4.69, 9.17) is 14.6 Å².